The van der Waals surface area contributed by atoms with Crippen molar-refractivity contribution in [2.75, 3.05) is 0 Å². The van der Waals surface area contributed by atoms with E-state index in [4.69, 9.17) is 4.74 Å². The number of aromatic nitrogens is 2. The van der Waals surface area contributed by atoms with Crippen molar-refractivity contribution >= 4 is 0 Å². The average Bonchev–Trinajstić information content (AvgIpc) is 2.87. The number of nitrogens with one attached hydrogen (secondary N) is 1. The predicted molar refractivity (Wildman–Crippen MR) is 77.4 cm³/mol. The largest absolute Gasteiger partial charge is 0.370 e. The minimum absolute atomic E-state index is 0.244. The highest BCUT2D eigenvalue weighted by molar-refractivity contribution is 5.04. The van der Waals surface area contributed by atoms with Crippen LogP contribution in [0.4, 0.5) is 0 Å². The Kier molecular flexibility index (Phi) is 3.31. The molecule has 4 rings (SSSR count). The van der Waals surface area contributed by atoms with Crippen molar-refractivity contribution in [1.82, 2.24) is 15.1 Å². The third-order valence-electron chi connectivity index (χ3n) is 5.10. The van der Waals surface area contributed by atoms with Gasteiger partial charge in [-0.05, 0) is 38.5 Å². The maximum atomic E-state index is 6.35. The van der Waals surface area contributed by atoms with Gasteiger partial charge in [-0.1, -0.05) is 12.8 Å². The molecule has 1 aromatic rings. The molecule has 2 aliphatic carbocycles. The lowest BCUT2D eigenvalue weighted by Crippen LogP contribution is -2.26. The molecule has 0 bridgehead atoms. The molecule has 20 heavy (non-hydrogen) atoms. The summed E-state index contributed by atoms with van der Waals surface area (Å²) in [5.74, 6) is 0. The SMILES string of the molecule is c1nn(CC2CCC3(CCCC3)O2)cc1CNC1CC1. The van der Waals surface area contributed by atoms with E-state index in [-0.39, 0.29) is 5.60 Å². The Morgan fingerprint density at radius 2 is 2.10 bits per heavy atom. The van der Waals surface area contributed by atoms with Crippen LogP contribution in [0, 0.1) is 0 Å². The minimum atomic E-state index is 0.244. The summed E-state index contributed by atoms with van der Waals surface area (Å²) in [5.41, 5.74) is 1.54. The fourth-order valence-corrected chi connectivity index (χ4v) is 3.77. The lowest BCUT2D eigenvalue weighted by molar-refractivity contribution is -0.0429. The molecule has 0 amide bonds. The summed E-state index contributed by atoms with van der Waals surface area (Å²) in [6, 6.07) is 0.763. The van der Waals surface area contributed by atoms with Gasteiger partial charge in [0.05, 0.1) is 24.4 Å². The molecule has 2 saturated carbocycles. The van der Waals surface area contributed by atoms with E-state index in [0.717, 1.165) is 19.1 Å². The molecule has 1 saturated heterocycles. The van der Waals surface area contributed by atoms with E-state index >= 15 is 0 Å². The number of rotatable bonds is 5. The monoisotopic (exact) mass is 275 g/mol. The summed E-state index contributed by atoms with van der Waals surface area (Å²) in [7, 11) is 0. The second-order valence-electron chi connectivity index (χ2n) is 6.89. The summed E-state index contributed by atoms with van der Waals surface area (Å²) in [6.07, 6.45) is 14.9. The van der Waals surface area contributed by atoms with E-state index in [1.165, 1.54) is 56.9 Å². The Labute approximate surface area is 120 Å². The highest BCUT2D eigenvalue weighted by atomic mass is 16.5. The predicted octanol–water partition coefficient (Wildman–Crippen LogP) is 2.63. The quantitative estimate of drug-likeness (QED) is 0.898. The third kappa shape index (κ3) is 2.77. The Bertz CT molecular complexity index is 460. The molecule has 0 radical (unpaired) electrons. The van der Waals surface area contributed by atoms with E-state index in [0.29, 0.717) is 6.10 Å². The van der Waals surface area contributed by atoms with Gasteiger partial charge in [-0.3, -0.25) is 4.68 Å². The number of hydrogen-bond acceptors (Lipinski definition) is 3. The molecule has 110 valence electrons. The molecule has 1 spiro atoms. The molecule has 1 atom stereocenters. The van der Waals surface area contributed by atoms with Crippen molar-refractivity contribution < 1.29 is 4.74 Å². The average molecular weight is 275 g/mol. The molecule has 1 aliphatic heterocycles. The van der Waals surface area contributed by atoms with Gasteiger partial charge < -0.3 is 10.1 Å². The van der Waals surface area contributed by atoms with E-state index in [1.807, 2.05) is 6.20 Å². The maximum Gasteiger partial charge on any atom is 0.0779 e. The number of ether oxygens (including phenoxy) is 1. The Hall–Kier alpha value is -0.870. The number of hydrogen-bond donors (Lipinski definition) is 1. The fraction of sp³-hybridized carbons (Fsp3) is 0.812. The Morgan fingerprint density at radius 1 is 1.25 bits per heavy atom. The minimum Gasteiger partial charge on any atom is -0.370 e. The van der Waals surface area contributed by atoms with Gasteiger partial charge in [0.1, 0.15) is 0 Å². The lowest BCUT2D eigenvalue weighted by atomic mass is 9.98. The first-order valence-electron chi connectivity index (χ1n) is 8.24. The molecule has 1 N–H and O–H groups in total. The Balaban J connectivity index is 1.30. The molecular weight excluding hydrogens is 250 g/mol. The van der Waals surface area contributed by atoms with Gasteiger partial charge in [0.2, 0.25) is 0 Å². The van der Waals surface area contributed by atoms with Gasteiger partial charge in [0.25, 0.3) is 0 Å². The van der Waals surface area contributed by atoms with E-state index in [9.17, 15) is 0 Å². The fourth-order valence-electron chi connectivity index (χ4n) is 3.77. The number of nitrogens with zero attached hydrogens (tertiary/aromatic N) is 2. The standard InChI is InChI=1S/C16H25N3O/c1-2-7-16(6-1)8-5-15(20-16)12-19-11-13(10-18-19)9-17-14-3-4-14/h10-11,14-15,17H,1-9,12H2. The zero-order valence-electron chi connectivity index (χ0n) is 12.2. The second kappa shape index (κ2) is 5.15. The third-order valence-corrected chi connectivity index (χ3v) is 5.10. The van der Waals surface area contributed by atoms with Crippen LogP contribution in [0.25, 0.3) is 0 Å². The van der Waals surface area contributed by atoms with Crippen LogP contribution in [-0.4, -0.2) is 27.5 Å². The van der Waals surface area contributed by atoms with Crippen LogP contribution >= 0.6 is 0 Å². The second-order valence-corrected chi connectivity index (χ2v) is 6.89. The molecule has 1 aromatic heterocycles. The van der Waals surface area contributed by atoms with Crippen molar-refractivity contribution in [1.29, 1.82) is 0 Å². The summed E-state index contributed by atoms with van der Waals surface area (Å²) < 4.78 is 8.43. The van der Waals surface area contributed by atoms with Crippen LogP contribution in [0.15, 0.2) is 12.4 Å². The lowest BCUT2D eigenvalue weighted by Gasteiger charge is -2.23. The van der Waals surface area contributed by atoms with Crippen LogP contribution in [0.2, 0.25) is 0 Å². The van der Waals surface area contributed by atoms with E-state index in [2.05, 4.69) is 21.3 Å². The highest BCUT2D eigenvalue weighted by Crippen LogP contribution is 2.43. The van der Waals surface area contributed by atoms with Gasteiger partial charge in [-0.2, -0.15) is 5.10 Å². The summed E-state index contributed by atoms with van der Waals surface area (Å²) in [6.45, 7) is 1.88. The van der Waals surface area contributed by atoms with Gasteiger partial charge in [-0.25, -0.2) is 0 Å². The normalized spacial score (nSPS) is 28.5. The topological polar surface area (TPSA) is 39.1 Å². The summed E-state index contributed by atoms with van der Waals surface area (Å²) in [4.78, 5) is 0. The van der Waals surface area contributed by atoms with Crippen LogP contribution in [0.3, 0.4) is 0 Å². The van der Waals surface area contributed by atoms with Gasteiger partial charge in [0.15, 0.2) is 0 Å². The zero-order valence-corrected chi connectivity index (χ0v) is 12.2. The highest BCUT2D eigenvalue weighted by Gasteiger charge is 2.42. The summed E-state index contributed by atoms with van der Waals surface area (Å²) in [5, 5.41) is 8.02. The van der Waals surface area contributed by atoms with Crippen molar-refractivity contribution in [3.63, 3.8) is 0 Å². The summed E-state index contributed by atoms with van der Waals surface area (Å²) >= 11 is 0. The molecule has 4 heteroatoms. The van der Waals surface area contributed by atoms with Crippen molar-refractivity contribution in [3.05, 3.63) is 18.0 Å². The first kappa shape index (κ1) is 12.8. The van der Waals surface area contributed by atoms with Crippen LogP contribution in [0.1, 0.15) is 56.9 Å². The molecule has 4 nitrogen and oxygen atoms in total. The molecule has 3 fully saturated rings. The van der Waals surface area contributed by atoms with E-state index < -0.39 is 0 Å². The van der Waals surface area contributed by atoms with Gasteiger partial charge >= 0.3 is 0 Å². The maximum absolute atomic E-state index is 6.35. The first-order valence-corrected chi connectivity index (χ1v) is 8.24. The molecular formula is C16H25N3O. The Morgan fingerprint density at radius 3 is 2.90 bits per heavy atom. The van der Waals surface area contributed by atoms with Gasteiger partial charge in [-0.15, -0.1) is 0 Å². The van der Waals surface area contributed by atoms with Crippen LogP contribution < -0.4 is 5.32 Å². The first-order chi connectivity index (χ1) is 9.81. The van der Waals surface area contributed by atoms with Crippen molar-refractivity contribution in [2.24, 2.45) is 0 Å². The molecule has 1 unspecified atom stereocenters. The van der Waals surface area contributed by atoms with E-state index in [1.54, 1.807) is 0 Å². The van der Waals surface area contributed by atoms with Crippen molar-refractivity contribution in [2.45, 2.75) is 82.2 Å². The molecule has 2 heterocycles. The van der Waals surface area contributed by atoms with Crippen molar-refractivity contribution in [3.8, 4) is 0 Å². The zero-order chi connectivity index (χ0) is 13.4. The van der Waals surface area contributed by atoms with Crippen LogP contribution in [-0.2, 0) is 17.8 Å². The van der Waals surface area contributed by atoms with Crippen LogP contribution in [0.5, 0.6) is 0 Å². The molecule has 3 aliphatic rings. The van der Waals surface area contributed by atoms with Gasteiger partial charge in [0, 0.05) is 24.3 Å². The smallest absolute Gasteiger partial charge is 0.0779 e. The molecule has 0 aromatic carbocycles.